The van der Waals surface area contributed by atoms with Gasteiger partial charge < -0.3 is 20.5 Å². The number of thiophene rings is 1. The summed E-state index contributed by atoms with van der Waals surface area (Å²) in [5.41, 5.74) is 2.63. The molecular formula is C15H24N3O2S2+. The van der Waals surface area contributed by atoms with Crippen molar-refractivity contribution in [1.82, 2.24) is 0 Å². The Kier molecular flexibility index (Phi) is 4.80. The molecule has 0 amide bonds. The number of aliphatic imine (C=N–C) groups is 1. The fourth-order valence-electron chi connectivity index (χ4n) is 2.94. The molecule has 2 aliphatic heterocycles. The molecule has 4 N–H and O–H groups in total. The number of anilines is 1. The number of hydrogen-bond donors (Lipinski definition) is 3. The molecule has 0 saturated heterocycles. The summed E-state index contributed by atoms with van der Waals surface area (Å²) < 4.78 is 5.95. The lowest BCUT2D eigenvalue weighted by Gasteiger charge is -2.31. The Bertz CT molecular complexity index is 584. The van der Waals surface area contributed by atoms with Crippen molar-refractivity contribution in [3.63, 3.8) is 0 Å². The van der Waals surface area contributed by atoms with Gasteiger partial charge in [-0.1, -0.05) is 11.8 Å². The maximum atomic E-state index is 9.02. The van der Waals surface area contributed by atoms with Crippen molar-refractivity contribution in [3.8, 4) is 0 Å². The van der Waals surface area contributed by atoms with Gasteiger partial charge in [-0.05, 0) is 25.7 Å². The number of aliphatic hydroxyl groups excluding tert-OH is 1. The van der Waals surface area contributed by atoms with Gasteiger partial charge in [-0.3, -0.25) is 0 Å². The predicted octanol–water partition coefficient (Wildman–Crippen LogP) is 1.69. The van der Waals surface area contributed by atoms with Crippen LogP contribution in [0.15, 0.2) is 4.99 Å². The van der Waals surface area contributed by atoms with Crippen LogP contribution < -0.4 is 10.6 Å². The Morgan fingerprint density at radius 3 is 3.09 bits per heavy atom. The van der Waals surface area contributed by atoms with Gasteiger partial charge in [-0.25, -0.2) is 0 Å². The minimum atomic E-state index is -0.110. The molecule has 2 aliphatic rings. The van der Waals surface area contributed by atoms with E-state index in [1.807, 2.05) is 6.26 Å². The molecule has 0 fully saturated rings. The average Bonchev–Trinajstić information content (AvgIpc) is 2.83. The van der Waals surface area contributed by atoms with Gasteiger partial charge in [0.1, 0.15) is 5.00 Å². The number of fused-ring (bicyclic) bond motifs is 3. The molecule has 0 saturated carbocycles. The van der Waals surface area contributed by atoms with E-state index in [1.165, 1.54) is 21.0 Å². The topological polar surface area (TPSA) is 70.5 Å². The highest BCUT2D eigenvalue weighted by Gasteiger charge is 2.36. The van der Waals surface area contributed by atoms with E-state index in [9.17, 15) is 0 Å². The van der Waals surface area contributed by atoms with E-state index in [0.717, 1.165) is 24.6 Å². The summed E-state index contributed by atoms with van der Waals surface area (Å²) in [6, 6.07) is 0. The summed E-state index contributed by atoms with van der Waals surface area (Å²) in [4.78, 5) is 6.17. The Hall–Kier alpha value is -0.600. The zero-order chi connectivity index (χ0) is 15.7. The zero-order valence-corrected chi connectivity index (χ0v) is 14.9. The zero-order valence-electron chi connectivity index (χ0n) is 13.3. The van der Waals surface area contributed by atoms with Crippen LogP contribution in [-0.4, -0.2) is 35.3 Å². The number of amidine groups is 1. The number of aliphatic hydroxyl groups is 1. The van der Waals surface area contributed by atoms with Gasteiger partial charge in [0, 0.05) is 24.3 Å². The van der Waals surface area contributed by atoms with Crippen LogP contribution in [0.4, 0.5) is 5.00 Å². The van der Waals surface area contributed by atoms with Crippen LogP contribution >= 0.6 is 23.1 Å². The van der Waals surface area contributed by atoms with Crippen molar-refractivity contribution in [3.05, 3.63) is 16.0 Å². The molecule has 3 heterocycles. The van der Waals surface area contributed by atoms with Crippen LogP contribution in [-0.2, 0) is 17.8 Å². The van der Waals surface area contributed by atoms with Crippen molar-refractivity contribution in [2.45, 2.75) is 45.1 Å². The van der Waals surface area contributed by atoms with Crippen molar-refractivity contribution >= 4 is 33.3 Å². The maximum Gasteiger partial charge on any atom is 0.211 e. The maximum absolute atomic E-state index is 9.02. The number of ether oxygens (including phenoxy) is 1. The number of nitrogens with zero attached hydrogens (tertiary/aromatic N) is 1. The smallest absolute Gasteiger partial charge is 0.211 e. The molecular weight excluding hydrogens is 318 g/mol. The minimum absolute atomic E-state index is 0.0964. The van der Waals surface area contributed by atoms with Crippen molar-refractivity contribution in [1.29, 1.82) is 0 Å². The number of quaternary nitrogens is 1. The SMILES string of the molecule is CSC1=N[C@H]([NH2+]CCCO)c2c(sc3c2CC(C)(C)OC3)N1. The molecule has 0 bridgehead atoms. The van der Waals surface area contributed by atoms with Gasteiger partial charge in [0.05, 0.1) is 24.3 Å². The fourth-order valence-corrected chi connectivity index (χ4v) is 4.60. The van der Waals surface area contributed by atoms with Crippen LogP contribution in [0.25, 0.3) is 0 Å². The molecule has 1 aromatic rings. The highest BCUT2D eigenvalue weighted by Crippen LogP contribution is 2.44. The lowest BCUT2D eigenvalue weighted by molar-refractivity contribution is -0.695. The Morgan fingerprint density at radius 2 is 2.36 bits per heavy atom. The third kappa shape index (κ3) is 3.19. The number of hydrogen-bond acceptors (Lipinski definition) is 6. The normalized spacial score (nSPS) is 22.5. The highest BCUT2D eigenvalue weighted by atomic mass is 32.2. The van der Waals surface area contributed by atoms with Crippen LogP contribution in [0.5, 0.6) is 0 Å². The molecule has 22 heavy (non-hydrogen) atoms. The van der Waals surface area contributed by atoms with E-state index in [-0.39, 0.29) is 18.4 Å². The molecule has 3 rings (SSSR count). The van der Waals surface area contributed by atoms with Crippen molar-refractivity contribution in [2.75, 3.05) is 24.7 Å². The lowest BCUT2D eigenvalue weighted by Crippen LogP contribution is -2.85. The third-order valence-electron chi connectivity index (χ3n) is 4.05. The number of rotatable bonds is 4. The van der Waals surface area contributed by atoms with Gasteiger partial charge in [-0.15, -0.1) is 11.3 Å². The molecule has 0 aliphatic carbocycles. The van der Waals surface area contributed by atoms with Crippen LogP contribution in [0.2, 0.25) is 0 Å². The van der Waals surface area contributed by atoms with Crippen molar-refractivity contribution < 1.29 is 15.2 Å². The first kappa shape index (κ1) is 16.3. The predicted molar refractivity (Wildman–Crippen MR) is 92.7 cm³/mol. The standard InChI is InChI=1S/C15H23N3O2S2/c1-15(2)7-9-10(8-20-15)22-13-11(9)12(16-5-4-6-19)17-14(18-13)21-3/h12,16,19H,4-8H2,1-3H3,(H,17,18)/p+1/t12-/m0/s1. The van der Waals surface area contributed by atoms with Gasteiger partial charge in [0.25, 0.3) is 0 Å². The third-order valence-corrected chi connectivity index (χ3v) is 5.78. The Balaban J connectivity index is 1.93. The van der Waals surface area contributed by atoms with E-state index < -0.39 is 0 Å². The number of nitrogens with one attached hydrogen (secondary N) is 1. The van der Waals surface area contributed by atoms with E-state index in [0.29, 0.717) is 6.61 Å². The van der Waals surface area contributed by atoms with Gasteiger partial charge in [-0.2, -0.15) is 4.99 Å². The summed E-state index contributed by atoms with van der Waals surface area (Å²) in [5, 5.41) is 16.9. The average molecular weight is 343 g/mol. The Morgan fingerprint density at radius 1 is 1.55 bits per heavy atom. The molecule has 122 valence electrons. The lowest BCUT2D eigenvalue weighted by atomic mass is 9.92. The van der Waals surface area contributed by atoms with E-state index in [4.69, 9.17) is 14.8 Å². The summed E-state index contributed by atoms with van der Waals surface area (Å²) in [7, 11) is 0. The van der Waals surface area contributed by atoms with E-state index >= 15 is 0 Å². The van der Waals surface area contributed by atoms with Crippen LogP contribution in [0, 0.1) is 0 Å². The monoisotopic (exact) mass is 342 g/mol. The molecule has 0 radical (unpaired) electrons. The first-order valence-electron chi connectivity index (χ1n) is 7.65. The largest absolute Gasteiger partial charge is 0.396 e. The number of nitrogens with two attached hydrogens (primary N) is 1. The second-order valence-electron chi connectivity index (χ2n) is 6.28. The number of thioether (sulfide) groups is 1. The molecule has 7 heteroatoms. The second kappa shape index (κ2) is 6.49. The summed E-state index contributed by atoms with van der Waals surface area (Å²) in [5.74, 6) is 0. The molecule has 0 spiro atoms. The molecule has 1 atom stereocenters. The first-order chi connectivity index (χ1) is 10.5. The summed E-state index contributed by atoms with van der Waals surface area (Å²) >= 11 is 3.44. The quantitative estimate of drug-likeness (QED) is 0.728. The fraction of sp³-hybridized carbons (Fsp3) is 0.667. The molecule has 0 aromatic carbocycles. The second-order valence-corrected chi connectivity index (χ2v) is 8.18. The van der Waals surface area contributed by atoms with Crippen LogP contribution in [0.3, 0.4) is 0 Å². The summed E-state index contributed by atoms with van der Waals surface area (Å²) in [6.07, 6.45) is 3.87. The molecule has 1 aromatic heterocycles. The van der Waals surface area contributed by atoms with Gasteiger partial charge in [0.15, 0.2) is 5.17 Å². The van der Waals surface area contributed by atoms with E-state index in [2.05, 4.69) is 24.5 Å². The summed E-state index contributed by atoms with van der Waals surface area (Å²) in [6.45, 7) is 6.11. The van der Waals surface area contributed by atoms with Gasteiger partial charge in [0.2, 0.25) is 6.17 Å². The van der Waals surface area contributed by atoms with Crippen LogP contribution in [0.1, 0.15) is 42.4 Å². The molecule has 0 unspecified atom stereocenters. The molecule has 5 nitrogen and oxygen atoms in total. The van der Waals surface area contributed by atoms with Crippen molar-refractivity contribution in [2.24, 2.45) is 4.99 Å². The Labute approximate surface area is 139 Å². The van der Waals surface area contributed by atoms with E-state index in [1.54, 1.807) is 23.1 Å². The first-order valence-corrected chi connectivity index (χ1v) is 9.69. The van der Waals surface area contributed by atoms with Gasteiger partial charge >= 0.3 is 0 Å². The minimum Gasteiger partial charge on any atom is -0.396 e. The highest BCUT2D eigenvalue weighted by molar-refractivity contribution is 8.13.